The van der Waals surface area contributed by atoms with Crippen molar-refractivity contribution >= 4 is 16.8 Å². The summed E-state index contributed by atoms with van der Waals surface area (Å²) in [5, 5.41) is 3.96. The van der Waals surface area contributed by atoms with Crippen LogP contribution in [0.5, 0.6) is 11.5 Å². The Morgan fingerprint density at radius 3 is 2.38 bits per heavy atom. The minimum atomic E-state index is -0.159. The van der Waals surface area contributed by atoms with E-state index >= 15 is 0 Å². The van der Waals surface area contributed by atoms with Gasteiger partial charge in [0.05, 0.1) is 36.5 Å². The van der Waals surface area contributed by atoms with E-state index in [1.54, 1.807) is 7.11 Å². The van der Waals surface area contributed by atoms with Crippen molar-refractivity contribution in [2.24, 2.45) is 0 Å². The molecule has 1 aromatic heterocycles. The predicted molar refractivity (Wildman–Crippen MR) is 136 cm³/mol. The Kier molecular flexibility index (Phi) is 7.43. The van der Waals surface area contributed by atoms with E-state index in [4.69, 9.17) is 14.5 Å². The number of nitrogens with zero attached hydrogens (tertiary/aromatic N) is 1. The summed E-state index contributed by atoms with van der Waals surface area (Å²) in [6.45, 7) is 4.82. The lowest BCUT2D eigenvalue weighted by atomic mass is 10.0. The molecule has 0 saturated heterocycles. The van der Waals surface area contributed by atoms with Crippen LogP contribution in [-0.2, 0) is 0 Å². The van der Waals surface area contributed by atoms with Gasteiger partial charge in [0.15, 0.2) is 0 Å². The van der Waals surface area contributed by atoms with Crippen LogP contribution in [0, 0.1) is 0 Å². The summed E-state index contributed by atoms with van der Waals surface area (Å²) in [5.41, 5.74) is 4.08. The van der Waals surface area contributed by atoms with Gasteiger partial charge in [-0.25, -0.2) is 4.98 Å². The van der Waals surface area contributed by atoms with Crippen LogP contribution in [-0.4, -0.2) is 24.6 Å². The zero-order chi connectivity index (χ0) is 23.9. The van der Waals surface area contributed by atoms with Crippen molar-refractivity contribution in [3.63, 3.8) is 0 Å². The van der Waals surface area contributed by atoms with Crippen molar-refractivity contribution in [1.82, 2.24) is 10.3 Å². The monoisotopic (exact) mass is 454 g/mol. The predicted octanol–water partition coefficient (Wildman–Crippen LogP) is 6.58. The van der Waals surface area contributed by atoms with Crippen molar-refractivity contribution in [3.8, 4) is 22.8 Å². The van der Waals surface area contributed by atoms with E-state index in [-0.39, 0.29) is 11.9 Å². The van der Waals surface area contributed by atoms with Gasteiger partial charge in [-0.2, -0.15) is 0 Å². The molecule has 0 unspecified atom stereocenters. The zero-order valence-corrected chi connectivity index (χ0v) is 19.9. The lowest BCUT2D eigenvalue weighted by molar-refractivity contribution is 0.0941. The number of aromatic nitrogens is 1. The molecule has 34 heavy (non-hydrogen) atoms. The van der Waals surface area contributed by atoms with Crippen LogP contribution >= 0.6 is 0 Å². The number of benzene rings is 3. The third-order valence-electron chi connectivity index (χ3n) is 5.84. The first-order valence-electron chi connectivity index (χ1n) is 11.7. The number of hydrogen-bond donors (Lipinski definition) is 1. The fraction of sp³-hybridized carbons (Fsp3) is 0.241. The SMILES string of the molecule is CCCCOc1ccc(-c2cc(C(=O)N[C@@H](C)c3ccc(OC)cc3)c3ccccc3n2)cc1. The minimum Gasteiger partial charge on any atom is -0.497 e. The summed E-state index contributed by atoms with van der Waals surface area (Å²) >= 11 is 0. The number of amides is 1. The smallest absolute Gasteiger partial charge is 0.252 e. The van der Waals surface area contributed by atoms with Crippen LogP contribution in [0.2, 0.25) is 0 Å². The number of fused-ring (bicyclic) bond motifs is 1. The maximum atomic E-state index is 13.4. The average molecular weight is 455 g/mol. The maximum absolute atomic E-state index is 13.4. The molecular formula is C29H30N2O3. The van der Waals surface area contributed by atoms with Gasteiger partial charge in [0.2, 0.25) is 0 Å². The van der Waals surface area contributed by atoms with E-state index < -0.39 is 0 Å². The Labute approximate surface area is 200 Å². The second-order valence-corrected chi connectivity index (χ2v) is 8.27. The van der Waals surface area contributed by atoms with Crippen molar-refractivity contribution in [2.45, 2.75) is 32.7 Å². The number of pyridine rings is 1. The van der Waals surface area contributed by atoms with Crippen LogP contribution in [0.4, 0.5) is 0 Å². The van der Waals surface area contributed by atoms with Gasteiger partial charge in [0.1, 0.15) is 11.5 Å². The third-order valence-corrected chi connectivity index (χ3v) is 5.84. The van der Waals surface area contributed by atoms with Gasteiger partial charge < -0.3 is 14.8 Å². The number of ether oxygens (including phenoxy) is 2. The lowest BCUT2D eigenvalue weighted by Crippen LogP contribution is -2.27. The fourth-order valence-electron chi connectivity index (χ4n) is 3.82. The second kappa shape index (κ2) is 10.8. The molecule has 174 valence electrons. The standard InChI is InChI=1S/C29H30N2O3/c1-4-5-18-34-24-16-12-22(13-17-24)28-19-26(25-8-6-7-9-27(25)31-28)29(32)30-20(2)21-10-14-23(33-3)15-11-21/h6-17,19-20H,4-5,18H2,1-3H3,(H,30,32)/t20-/m0/s1. The summed E-state index contributed by atoms with van der Waals surface area (Å²) in [6.07, 6.45) is 2.13. The summed E-state index contributed by atoms with van der Waals surface area (Å²) in [4.78, 5) is 18.2. The molecule has 1 heterocycles. The number of carbonyl (C=O) groups is 1. The van der Waals surface area contributed by atoms with Crippen molar-refractivity contribution in [3.05, 3.63) is 90.0 Å². The third kappa shape index (κ3) is 5.37. The molecule has 1 N–H and O–H groups in total. The highest BCUT2D eigenvalue weighted by Crippen LogP contribution is 2.27. The number of hydrogen-bond acceptors (Lipinski definition) is 4. The molecule has 0 aliphatic carbocycles. The molecule has 0 bridgehead atoms. The molecule has 1 amide bonds. The normalized spacial score (nSPS) is 11.7. The Balaban J connectivity index is 1.61. The highest BCUT2D eigenvalue weighted by Gasteiger charge is 2.17. The van der Waals surface area contributed by atoms with E-state index in [0.29, 0.717) is 12.2 Å². The molecule has 0 saturated carbocycles. The zero-order valence-electron chi connectivity index (χ0n) is 19.9. The number of carbonyl (C=O) groups excluding carboxylic acids is 1. The molecule has 0 radical (unpaired) electrons. The molecule has 5 heteroatoms. The summed E-state index contributed by atoms with van der Waals surface area (Å²) in [6, 6.07) is 25.0. The van der Waals surface area contributed by atoms with E-state index in [1.807, 2.05) is 85.8 Å². The molecule has 4 aromatic rings. The molecule has 0 aliphatic rings. The molecule has 1 atom stereocenters. The highest BCUT2D eigenvalue weighted by molar-refractivity contribution is 6.07. The van der Waals surface area contributed by atoms with Gasteiger partial charge in [-0.05, 0) is 67.4 Å². The first-order chi connectivity index (χ1) is 16.6. The number of methoxy groups -OCH3 is 1. The molecule has 0 aliphatic heterocycles. The maximum Gasteiger partial charge on any atom is 0.252 e. The first-order valence-corrected chi connectivity index (χ1v) is 11.7. The van der Waals surface area contributed by atoms with Gasteiger partial charge in [-0.1, -0.05) is 43.7 Å². The number of rotatable bonds is 9. The molecule has 0 spiro atoms. The topological polar surface area (TPSA) is 60.5 Å². The van der Waals surface area contributed by atoms with E-state index in [0.717, 1.165) is 52.1 Å². The average Bonchev–Trinajstić information content (AvgIpc) is 2.88. The lowest BCUT2D eigenvalue weighted by Gasteiger charge is -2.16. The van der Waals surface area contributed by atoms with Gasteiger partial charge in [0, 0.05) is 10.9 Å². The van der Waals surface area contributed by atoms with Crippen LogP contribution in [0.1, 0.15) is 48.7 Å². The molecular weight excluding hydrogens is 424 g/mol. The van der Waals surface area contributed by atoms with Crippen LogP contribution in [0.15, 0.2) is 78.9 Å². The molecule has 5 nitrogen and oxygen atoms in total. The quantitative estimate of drug-likeness (QED) is 0.290. The number of unbranched alkanes of at least 4 members (excludes halogenated alkanes) is 1. The summed E-state index contributed by atoms with van der Waals surface area (Å²) in [7, 11) is 1.64. The van der Waals surface area contributed by atoms with Crippen LogP contribution < -0.4 is 14.8 Å². The molecule has 4 rings (SSSR count). The number of nitrogens with one attached hydrogen (secondary N) is 1. The van der Waals surface area contributed by atoms with Crippen molar-refractivity contribution < 1.29 is 14.3 Å². The number of para-hydroxylation sites is 1. The van der Waals surface area contributed by atoms with Gasteiger partial charge in [-0.3, -0.25) is 4.79 Å². The van der Waals surface area contributed by atoms with E-state index in [1.165, 1.54) is 0 Å². The Bertz CT molecular complexity index is 1250. The largest absolute Gasteiger partial charge is 0.497 e. The Morgan fingerprint density at radius 2 is 1.68 bits per heavy atom. The van der Waals surface area contributed by atoms with Crippen molar-refractivity contribution in [2.75, 3.05) is 13.7 Å². The highest BCUT2D eigenvalue weighted by atomic mass is 16.5. The van der Waals surface area contributed by atoms with Gasteiger partial charge >= 0.3 is 0 Å². The Hall–Kier alpha value is -3.86. The minimum absolute atomic E-state index is 0.136. The summed E-state index contributed by atoms with van der Waals surface area (Å²) in [5.74, 6) is 1.49. The molecule has 0 fully saturated rings. The summed E-state index contributed by atoms with van der Waals surface area (Å²) < 4.78 is 11.0. The second-order valence-electron chi connectivity index (χ2n) is 8.27. The van der Waals surface area contributed by atoms with E-state index in [9.17, 15) is 4.79 Å². The van der Waals surface area contributed by atoms with E-state index in [2.05, 4.69) is 12.2 Å². The van der Waals surface area contributed by atoms with Gasteiger partial charge in [0.25, 0.3) is 5.91 Å². The first kappa shape index (κ1) is 23.3. The van der Waals surface area contributed by atoms with Crippen molar-refractivity contribution in [1.29, 1.82) is 0 Å². The van der Waals surface area contributed by atoms with Gasteiger partial charge in [-0.15, -0.1) is 0 Å². The van der Waals surface area contributed by atoms with Crippen LogP contribution in [0.3, 0.4) is 0 Å². The molecule has 3 aromatic carbocycles. The van der Waals surface area contributed by atoms with Crippen LogP contribution in [0.25, 0.3) is 22.2 Å². The Morgan fingerprint density at radius 1 is 0.971 bits per heavy atom. The fourth-order valence-corrected chi connectivity index (χ4v) is 3.82.